The monoisotopic (exact) mass is 322 g/mol. The highest BCUT2D eigenvalue weighted by Gasteiger charge is 2.40. The summed E-state index contributed by atoms with van der Waals surface area (Å²) in [6, 6.07) is 8.60. The Labute approximate surface area is 134 Å². The van der Waals surface area contributed by atoms with E-state index < -0.39 is 15.1 Å². The number of allylic oxidation sites excluding steroid dienone is 1. The number of hydrogen-bond acceptors (Lipinski definition) is 3. The molecule has 122 valence electrons. The van der Waals surface area contributed by atoms with Crippen LogP contribution in [-0.2, 0) is 9.84 Å². The zero-order valence-corrected chi connectivity index (χ0v) is 14.5. The minimum absolute atomic E-state index is 0.121. The number of sulfone groups is 1. The van der Waals surface area contributed by atoms with Gasteiger partial charge in [-0.15, -0.1) is 0 Å². The molecule has 1 N–H and O–H groups in total. The lowest BCUT2D eigenvalue weighted by Crippen LogP contribution is -2.35. The van der Waals surface area contributed by atoms with Gasteiger partial charge in [0.05, 0.1) is 10.1 Å². The second-order valence-corrected chi connectivity index (χ2v) is 8.92. The van der Waals surface area contributed by atoms with E-state index in [2.05, 4.69) is 13.8 Å². The van der Waals surface area contributed by atoms with E-state index in [9.17, 15) is 13.5 Å². The van der Waals surface area contributed by atoms with Crippen LogP contribution in [0.3, 0.4) is 0 Å². The highest BCUT2D eigenvalue weighted by atomic mass is 32.2. The fourth-order valence-electron chi connectivity index (χ4n) is 3.70. The highest BCUT2D eigenvalue weighted by molar-refractivity contribution is 7.92. The number of hydrogen-bond donors (Lipinski definition) is 1. The topological polar surface area (TPSA) is 54.4 Å². The maximum Gasteiger partial charge on any atom is 0.185 e. The van der Waals surface area contributed by atoms with Gasteiger partial charge in [-0.3, -0.25) is 0 Å². The van der Waals surface area contributed by atoms with E-state index in [1.54, 1.807) is 24.3 Å². The predicted octanol–water partition coefficient (Wildman–Crippen LogP) is 3.74. The minimum Gasteiger partial charge on any atom is -0.396 e. The molecule has 0 radical (unpaired) electrons. The molecule has 1 aromatic carbocycles. The summed E-state index contributed by atoms with van der Waals surface area (Å²) < 4.78 is 26.2. The number of aliphatic hydroxyl groups is 1. The fourth-order valence-corrected chi connectivity index (χ4v) is 5.81. The van der Waals surface area contributed by atoms with Gasteiger partial charge in [0.15, 0.2) is 9.84 Å². The Kier molecular flexibility index (Phi) is 5.13. The van der Waals surface area contributed by atoms with Crippen molar-refractivity contribution < 1.29 is 13.5 Å². The van der Waals surface area contributed by atoms with Gasteiger partial charge >= 0.3 is 0 Å². The fraction of sp³-hybridized carbons (Fsp3) is 0.556. The van der Waals surface area contributed by atoms with Gasteiger partial charge in [0.2, 0.25) is 0 Å². The maximum atomic E-state index is 13.1. The lowest BCUT2D eigenvalue weighted by atomic mass is 9.71. The Balaban J connectivity index is 2.56. The van der Waals surface area contributed by atoms with Crippen LogP contribution in [0.5, 0.6) is 0 Å². The average Bonchev–Trinajstić information content (AvgIpc) is 2.46. The van der Waals surface area contributed by atoms with E-state index in [-0.39, 0.29) is 18.4 Å². The Hall–Kier alpha value is -1.13. The molecule has 0 spiro atoms. The van der Waals surface area contributed by atoms with Gasteiger partial charge in [-0.25, -0.2) is 8.42 Å². The van der Waals surface area contributed by atoms with E-state index in [0.29, 0.717) is 4.90 Å². The summed E-state index contributed by atoms with van der Waals surface area (Å²) in [7, 11) is -3.48. The van der Waals surface area contributed by atoms with E-state index in [1.807, 2.05) is 13.0 Å². The molecular formula is C18H26O3S. The van der Waals surface area contributed by atoms with Gasteiger partial charge in [0, 0.05) is 6.61 Å². The molecule has 1 unspecified atom stereocenters. The van der Waals surface area contributed by atoms with Crippen LogP contribution in [0.25, 0.3) is 0 Å². The van der Waals surface area contributed by atoms with Crippen LogP contribution in [0.1, 0.15) is 46.5 Å². The van der Waals surface area contributed by atoms with Gasteiger partial charge in [-0.05, 0) is 55.7 Å². The normalized spacial score (nSPS) is 20.0. The molecule has 0 aromatic heterocycles. The number of benzene rings is 1. The second-order valence-electron chi connectivity index (χ2n) is 6.79. The first-order valence-corrected chi connectivity index (χ1v) is 9.45. The summed E-state index contributed by atoms with van der Waals surface area (Å²) in [5.74, 6) is 0. The molecular weight excluding hydrogens is 296 g/mol. The van der Waals surface area contributed by atoms with Gasteiger partial charge < -0.3 is 5.11 Å². The number of rotatable bonds is 5. The van der Waals surface area contributed by atoms with Crippen molar-refractivity contribution in [2.75, 3.05) is 6.61 Å². The van der Waals surface area contributed by atoms with Crippen LogP contribution in [0.2, 0.25) is 0 Å². The average molecular weight is 322 g/mol. The first-order valence-electron chi connectivity index (χ1n) is 7.90. The molecule has 0 saturated carbocycles. The molecule has 1 atom stereocenters. The van der Waals surface area contributed by atoms with Crippen LogP contribution in [0.15, 0.2) is 46.4 Å². The van der Waals surface area contributed by atoms with E-state index in [1.165, 1.54) is 5.57 Å². The van der Waals surface area contributed by atoms with Crippen LogP contribution >= 0.6 is 0 Å². The van der Waals surface area contributed by atoms with Crippen molar-refractivity contribution in [3.05, 3.63) is 41.5 Å². The summed E-state index contributed by atoms with van der Waals surface area (Å²) in [5, 5.41) is 8.82. The first-order chi connectivity index (χ1) is 10.3. The lowest BCUT2D eigenvalue weighted by molar-refractivity contribution is 0.278. The van der Waals surface area contributed by atoms with Crippen LogP contribution < -0.4 is 0 Å². The van der Waals surface area contributed by atoms with Crippen molar-refractivity contribution in [1.29, 1.82) is 0 Å². The summed E-state index contributed by atoms with van der Waals surface area (Å²) in [4.78, 5) is 0.343. The summed E-state index contributed by atoms with van der Waals surface area (Å²) in [6.45, 7) is 6.16. The number of aliphatic hydroxyl groups excluding tert-OH is 1. The molecule has 22 heavy (non-hydrogen) atoms. The zero-order chi connectivity index (χ0) is 16.4. The second kappa shape index (κ2) is 6.55. The molecule has 0 aliphatic heterocycles. The lowest BCUT2D eigenvalue weighted by Gasteiger charge is -2.38. The molecule has 1 aromatic rings. The van der Waals surface area contributed by atoms with E-state index >= 15 is 0 Å². The molecule has 3 nitrogen and oxygen atoms in total. The Morgan fingerprint density at radius 2 is 1.86 bits per heavy atom. The van der Waals surface area contributed by atoms with E-state index in [4.69, 9.17) is 0 Å². The van der Waals surface area contributed by atoms with Gasteiger partial charge in [0.25, 0.3) is 0 Å². The summed E-state index contributed by atoms with van der Waals surface area (Å²) >= 11 is 0. The molecule has 0 heterocycles. The van der Waals surface area contributed by atoms with Crippen molar-refractivity contribution in [1.82, 2.24) is 0 Å². The first kappa shape index (κ1) is 17.2. The summed E-state index contributed by atoms with van der Waals surface area (Å²) in [5.41, 5.74) is 2.05. The molecule has 0 bridgehead atoms. The molecule has 0 fully saturated rings. The van der Waals surface area contributed by atoms with Crippen LogP contribution in [0, 0.1) is 5.41 Å². The third-order valence-corrected chi connectivity index (χ3v) is 6.85. The Morgan fingerprint density at radius 3 is 2.41 bits per heavy atom. The van der Waals surface area contributed by atoms with Crippen LogP contribution in [0.4, 0.5) is 0 Å². The Morgan fingerprint density at radius 1 is 1.23 bits per heavy atom. The van der Waals surface area contributed by atoms with Crippen molar-refractivity contribution in [3.63, 3.8) is 0 Å². The molecule has 0 saturated heterocycles. The molecule has 4 heteroatoms. The third-order valence-electron chi connectivity index (χ3n) is 4.70. The zero-order valence-electron chi connectivity index (χ0n) is 13.7. The molecule has 1 aliphatic carbocycles. The molecule has 2 rings (SSSR count). The van der Waals surface area contributed by atoms with Crippen LogP contribution in [-0.4, -0.2) is 25.4 Å². The van der Waals surface area contributed by atoms with Gasteiger partial charge in [-0.2, -0.15) is 0 Å². The summed E-state index contributed by atoms with van der Waals surface area (Å²) in [6.07, 6.45) is 3.30. The minimum atomic E-state index is -3.48. The maximum absolute atomic E-state index is 13.1. The van der Waals surface area contributed by atoms with E-state index in [0.717, 1.165) is 24.8 Å². The Bertz CT molecular complexity index is 642. The van der Waals surface area contributed by atoms with Crippen molar-refractivity contribution in [2.45, 2.75) is 56.6 Å². The van der Waals surface area contributed by atoms with Crippen molar-refractivity contribution in [3.8, 4) is 0 Å². The smallest absolute Gasteiger partial charge is 0.185 e. The van der Waals surface area contributed by atoms with Crippen molar-refractivity contribution in [2.24, 2.45) is 5.41 Å². The molecule has 1 aliphatic rings. The third kappa shape index (κ3) is 3.28. The van der Waals surface area contributed by atoms with Gasteiger partial charge in [-0.1, -0.05) is 37.6 Å². The largest absolute Gasteiger partial charge is 0.396 e. The van der Waals surface area contributed by atoms with Crippen molar-refractivity contribution >= 4 is 9.84 Å². The highest BCUT2D eigenvalue weighted by Crippen LogP contribution is 2.45. The van der Waals surface area contributed by atoms with Gasteiger partial charge in [0.1, 0.15) is 0 Å². The standard InChI is InChI=1S/C18H26O3S/c1-14-8-7-12-18(2,3)17(14)16(11-13-19)22(20,21)15-9-5-4-6-10-15/h4-6,9-10,16,19H,7-8,11-13H2,1-3H3. The quantitative estimate of drug-likeness (QED) is 0.840. The SMILES string of the molecule is CC1=C(C(CCO)S(=O)(=O)c2ccccc2)C(C)(C)CCC1. The molecule has 0 amide bonds. The predicted molar refractivity (Wildman–Crippen MR) is 89.5 cm³/mol.